The zero-order chi connectivity index (χ0) is 22.1. The van der Waals surface area contributed by atoms with E-state index in [0.29, 0.717) is 16.3 Å². The Bertz CT molecular complexity index is 1490. The van der Waals surface area contributed by atoms with Crippen molar-refractivity contribution >= 4 is 23.2 Å². The third-order valence-electron chi connectivity index (χ3n) is 4.95. The van der Waals surface area contributed by atoms with Crippen molar-refractivity contribution in [3.05, 3.63) is 123 Å². The number of ketones is 1. The highest BCUT2D eigenvalue weighted by atomic mass is 35.5. The van der Waals surface area contributed by atoms with Crippen molar-refractivity contribution in [3.8, 4) is 5.69 Å². The Morgan fingerprint density at radius 3 is 2.31 bits per heavy atom. The fraction of sp³-hybridized carbons (Fsp3) is 0.0417. The van der Waals surface area contributed by atoms with Crippen LogP contribution in [0.3, 0.4) is 0 Å². The Labute approximate surface area is 187 Å². The van der Waals surface area contributed by atoms with E-state index in [1.54, 1.807) is 48.5 Å². The van der Waals surface area contributed by atoms with Gasteiger partial charge in [0.05, 0.1) is 5.69 Å². The lowest BCUT2D eigenvalue weighted by Crippen LogP contribution is -2.21. The second-order valence-corrected chi connectivity index (χ2v) is 7.58. The van der Waals surface area contributed by atoms with Crippen LogP contribution in [0.4, 0.5) is 0 Å². The van der Waals surface area contributed by atoms with Gasteiger partial charge in [-0.3, -0.25) is 9.59 Å². The molecular formula is C24H16ClN5O2. The minimum Gasteiger partial charge on any atom is -0.285 e. The number of nitrogens with zero attached hydrogens (tertiary/aromatic N) is 5. The maximum atomic E-state index is 13.3. The number of hydrogen-bond donors (Lipinski definition) is 0. The summed E-state index contributed by atoms with van der Waals surface area (Å²) < 4.78 is 2.73. The van der Waals surface area contributed by atoms with Crippen LogP contribution < -0.4 is 5.56 Å². The molecule has 0 aliphatic heterocycles. The van der Waals surface area contributed by atoms with Gasteiger partial charge in [0.2, 0.25) is 11.6 Å². The fourth-order valence-corrected chi connectivity index (χ4v) is 3.60. The molecule has 0 spiro atoms. The second kappa shape index (κ2) is 8.20. The molecule has 0 radical (unpaired) electrons. The van der Waals surface area contributed by atoms with Gasteiger partial charge in [-0.1, -0.05) is 78.3 Å². The van der Waals surface area contributed by atoms with Gasteiger partial charge in [-0.15, -0.1) is 5.10 Å². The van der Waals surface area contributed by atoms with Crippen LogP contribution in [0.1, 0.15) is 27.4 Å². The first-order chi connectivity index (χ1) is 15.6. The predicted molar refractivity (Wildman–Crippen MR) is 121 cm³/mol. The van der Waals surface area contributed by atoms with E-state index in [4.69, 9.17) is 11.6 Å². The summed E-state index contributed by atoms with van der Waals surface area (Å²) in [6.07, 6.45) is 0.289. The van der Waals surface area contributed by atoms with E-state index in [0.717, 1.165) is 5.56 Å². The highest BCUT2D eigenvalue weighted by molar-refractivity contribution is 6.30. The zero-order valence-corrected chi connectivity index (χ0v) is 17.5. The molecular weight excluding hydrogens is 426 g/mol. The Morgan fingerprint density at radius 2 is 1.59 bits per heavy atom. The molecule has 3 aromatic carbocycles. The molecule has 8 heteroatoms. The van der Waals surface area contributed by atoms with Crippen molar-refractivity contribution in [3.63, 3.8) is 0 Å². The first-order valence-corrected chi connectivity index (χ1v) is 10.3. The molecule has 0 saturated heterocycles. The molecule has 0 saturated carbocycles. The van der Waals surface area contributed by atoms with Crippen molar-refractivity contribution in [2.24, 2.45) is 0 Å². The molecule has 156 valence electrons. The van der Waals surface area contributed by atoms with E-state index in [1.165, 1.54) is 9.20 Å². The normalized spacial score (nSPS) is 11.0. The molecule has 0 N–H and O–H groups in total. The van der Waals surface area contributed by atoms with Gasteiger partial charge >= 0.3 is 0 Å². The molecule has 5 aromatic rings. The molecule has 32 heavy (non-hydrogen) atoms. The van der Waals surface area contributed by atoms with Crippen molar-refractivity contribution in [2.75, 3.05) is 0 Å². The summed E-state index contributed by atoms with van der Waals surface area (Å²) in [6, 6.07) is 25.2. The van der Waals surface area contributed by atoms with Crippen molar-refractivity contribution in [1.82, 2.24) is 24.4 Å². The topological polar surface area (TPSA) is 82.1 Å². The van der Waals surface area contributed by atoms with Crippen LogP contribution in [-0.4, -0.2) is 30.2 Å². The number of carbonyl (C=O) groups is 1. The van der Waals surface area contributed by atoms with Gasteiger partial charge in [0.1, 0.15) is 5.69 Å². The lowest BCUT2D eigenvalue weighted by atomic mass is 10.1. The molecule has 0 fully saturated rings. The van der Waals surface area contributed by atoms with Gasteiger partial charge in [-0.2, -0.15) is 19.3 Å². The van der Waals surface area contributed by atoms with Gasteiger partial charge in [0.15, 0.2) is 0 Å². The predicted octanol–water partition coefficient (Wildman–Crippen LogP) is 3.75. The monoisotopic (exact) mass is 441 g/mol. The molecule has 0 unspecified atom stereocenters. The number of benzene rings is 3. The van der Waals surface area contributed by atoms with Crippen molar-refractivity contribution in [2.45, 2.75) is 6.42 Å². The molecule has 5 rings (SSSR count). The van der Waals surface area contributed by atoms with E-state index in [1.807, 2.05) is 36.4 Å². The van der Waals surface area contributed by atoms with E-state index in [2.05, 4.69) is 15.2 Å². The molecule has 0 amide bonds. The minimum atomic E-state index is -0.476. The van der Waals surface area contributed by atoms with Gasteiger partial charge in [0, 0.05) is 17.0 Å². The number of rotatable bonds is 5. The summed E-state index contributed by atoms with van der Waals surface area (Å²) in [7, 11) is 0. The zero-order valence-electron chi connectivity index (χ0n) is 16.7. The fourth-order valence-electron chi connectivity index (χ4n) is 3.41. The van der Waals surface area contributed by atoms with E-state index in [-0.39, 0.29) is 29.5 Å². The van der Waals surface area contributed by atoms with Crippen LogP contribution in [0.25, 0.3) is 11.5 Å². The largest absolute Gasteiger partial charge is 0.296 e. The minimum absolute atomic E-state index is 0.0491. The molecule has 7 nitrogen and oxygen atoms in total. The molecule has 0 bridgehead atoms. The Morgan fingerprint density at radius 1 is 0.875 bits per heavy atom. The second-order valence-electron chi connectivity index (χ2n) is 7.15. The van der Waals surface area contributed by atoms with Crippen LogP contribution in [0.5, 0.6) is 0 Å². The van der Waals surface area contributed by atoms with Crippen LogP contribution in [0.15, 0.2) is 89.7 Å². The number of hydrogen-bond acceptors (Lipinski definition) is 5. The summed E-state index contributed by atoms with van der Waals surface area (Å²) in [5.41, 5.74) is 1.68. The number of aromatic nitrogens is 5. The lowest BCUT2D eigenvalue weighted by molar-refractivity contribution is 0.102. The van der Waals surface area contributed by atoms with Crippen LogP contribution >= 0.6 is 11.6 Å². The number of halogens is 1. The maximum Gasteiger partial charge on any atom is 0.296 e. The summed E-state index contributed by atoms with van der Waals surface area (Å²) >= 11 is 6.15. The van der Waals surface area contributed by atoms with Gasteiger partial charge in [-0.25, -0.2) is 0 Å². The van der Waals surface area contributed by atoms with E-state index < -0.39 is 5.56 Å². The quantitative estimate of drug-likeness (QED) is 0.388. The van der Waals surface area contributed by atoms with Crippen LogP contribution in [-0.2, 0) is 6.42 Å². The summed E-state index contributed by atoms with van der Waals surface area (Å²) in [5, 5.41) is 9.45. The third-order valence-corrected chi connectivity index (χ3v) is 5.18. The molecule has 0 atom stereocenters. The van der Waals surface area contributed by atoms with Gasteiger partial charge in [0.25, 0.3) is 11.3 Å². The SMILES string of the molecule is O=C(c1ccccc1)c1nn(-c2cccc(Cl)c2)c2nc(=O)c(Cc3ccccc3)nn12. The standard InChI is InChI=1S/C24H16ClN5O2/c25-18-12-7-13-19(15-18)29-24-26-23(32)20(14-16-8-3-1-4-9-16)27-30(24)22(28-29)21(31)17-10-5-2-6-11-17/h1-13,15H,14H2. The third kappa shape index (κ3) is 3.70. The average molecular weight is 442 g/mol. The molecule has 0 aliphatic rings. The molecule has 2 heterocycles. The summed E-state index contributed by atoms with van der Waals surface area (Å²) in [6.45, 7) is 0. The van der Waals surface area contributed by atoms with Gasteiger partial charge in [-0.05, 0) is 23.8 Å². The average Bonchev–Trinajstić information content (AvgIpc) is 3.18. The Balaban J connectivity index is 1.72. The first kappa shape index (κ1) is 19.8. The number of carbonyl (C=O) groups excluding carboxylic acids is 1. The van der Waals surface area contributed by atoms with Crippen molar-refractivity contribution < 1.29 is 4.79 Å². The molecule has 0 aliphatic carbocycles. The first-order valence-electron chi connectivity index (χ1n) is 9.89. The van der Waals surface area contributed by atoms with Crippen molar-refractivity contribution in [1.29, 1.82) is 0 Å². The number of fused-ring (bicyclic) bond motifs is 1. The maximum absolute atomic E-state index is 13.3. The Hall–Kier alpha value is -4.10. The summed E-state index contributed by atoms with van der Waals surface area (Å²) in [4.78, 5) is 30.3. The van der Waals surface area contributed by atoms with E-state index >= 15 is 0 Å². The summed E-state index contributed by atoms with van der Waals surface area (Å²) in [5.74, 6) is -0.152. The van der Waals surface area contributed by atoms with Crippen LogP contribution in [0, 0.1) is 0 Å². The highest BCUT2D eigenvalue weighted by Crippen LogP contribution is 2.18. The lowest BCUT2D eigenvalue weighted by Gasteiger charge is -2.04. The Kier molecular flexibility index (Phi) is 5.09. The van der Waals surface area contributed by atoms with E-state index in [9.17, 15) is 9.59 Å². The smallest absolute Gasteiger partial charge is 0.285 e. The highest BCUT2D eigenvalue weighted by Gasteiger charge is 2.23. The molecule has 2 aromatic heterocycles. The van der Waals surface area contributed by atoms with Crippen LogP contribution in [0.2, 0.25) is 5.02 Å². The van der Waals surface area contributed by atoms with Gasteiger partial charge < -0.3 is 0 Å².